The third-order valence-electron chi connectivity index (χ3n) is 5.86. The topological polar surface area (TPSA) is 83.7 Å². The van der Waals surface area contributed by atoms with Crippen LogP contribution in [-0.2, 0) is 7.05 Å². The van der Waals surface area contributed by atoms with Crippen molar-refractivity contribution in [1.29, 1.82) is 0 Å². The molecule has 0 amide bonds. The van der Waals surface area contributed by atoms with Crippen LogP contribution in [0.25, 0.3) is 21.9 Å². The number of nitrogens with zero attached hydrogens (tertiary/aromatic N) is 2. The number of rotatable bonds is 4. The van der Waals surface area contributed by atoms with Crippen LogP contribution in [-0.4, -0.2) is 26.6 Å². The number of benzene rings is 2. The Morgan fingerprint density at radius 2 is 2.04 bits per heavy atom. The highest BCUT2D eigenvalue weighted by molar-refractivity contribution is 5.99. The average Bonchev–Trinajstić information content (AvgIpc) is 3.31. The molecule has 0 saturated heterocycles. The summed E-state index contributed by atoms with van der Waals surface area (Å²) in [6.07, 6.45) is 8.52. The van der Waals surface area contributed by atoms with Crippen LogP contribution >= 0.6 is 0 Å². The molecule has 1 aliphatic rings. The second-order valence-electron chi connectivity index (χ2n) is 7.82. The number of nitrogens with two attached hydrogens (primary N) is 1. The van der Waals surface area contributed by atoms with Crippen LogP contribution in [0.5, 0.6) is 0 Å². The SMILES string of the molecule is Cn1cnc2c(Nc3cc(N[C@@H]4CCCC[C@@H]4N)cc4[nH]ccc34)cccc21. The lowest BCUT2D eigenvalue weighted by Gasteiger charge is -2.30. The first-order chi connectivity index (χ1) is 13.7. The van der Waals surface area contributed by atoms with E-state index in [1.165, 1.54) is 12.8 Å². The summed E-state index contributed by atoms with van der Waals surface area (Å²) in [6, 6.07) is 13.2. The highest BCUT2D eigenvalue weighted by Gasteiger charge is 2.22. The molecule has 2 aromatic carbocycles. The van der Waals surface area contributed by atoms with Crippen LogP contribution in [0.2, 0.25) is 0 Å². The molecule has 2 heterocycles. The average molecular weight is 374 g/mol. The van der Waals surface area contributed by atoms with Gasteiger partial charge in [0.15, 0.2) is 0 Å². The Balaban J connectivity index is 1.52. The van der Waals surface area contributed by atoms with E-state index in [0.717, 1.165) is 51.8 Å². The first-order valence-electron chi connectivity index (χ1n) is 9.99. The number of H-pyrrole nitrogens is 1. The van der Waals surface area contributed by atoms with Crippen molar-refractivity contribution < 1.29 is 0 Å². The normalized spacial score (nSPS) is 19.9. The van der Waals surface area contributed by atoms with E-state index in [9.17, 15) is 0 Å². The van der Waals surface area contributed by atoms with Crippen LogP contribution in [0, 0.1) is 0 Å². The fraction of sp³-hybridized carbons (Fsp3) is 0.318. The quantitative estimate of drug-likeness (QED) is 0.424. The zero-order valence-electron chi connectivity index (χ0n) is 16.1. The van der Waals surface area contributed by atoms with E-state index in [4.69, 9.17) is 5.73 Å². The second kappa shape index (κ2) is 6.87. The van der Waals surface area contributed by atoms with Crippen LogP contribution in [0.4, 0.5) is 17.1 Å². The fourth-order valence-electron chi connectivity index (χ4n) is 4.31. The maximum Gasteiger partial charge on any atom is 0.112 e. The molecule has 28 heavy (non-hydrogen) atoms. The lowest BCUT2D eigenvalue weighted by atomic mass is 9.91. The van der Waals surface area contributed by atoms with Gasteiger partial charge in [0, 0.05) is 41.9 Å². The highest BCUT2D eigenvalue weighted by atomic mass is 15.0. The number of imidazole rings is 1. The number of aryl methyl sites for hydroxylation is 1. The molecule has 0 aliphatic heterocycles. The van der Waals surface area contributed by atoms with Gasteiger partial charge < -0.3 is 25.9 Å². The number of anilines is 3. The summed E-state index contributed by atoms with van der Waals surface area (Å²) in [5.74, 6) is 0. The van der Waals surface area contributed by atoms with Gasteiger partial charge in [0.05, 0.1) is 23.2 Å². The molecule has 5 N–H and O–H groups in total. The molecule has 4 aromatic rings. The molecule has 5 rings (SSSR count). The van der Waals surface area contributed by atoms with Gasteiger partial charge in [0.1, 0.15) is 5.52 Å². The van der Waals surface area contributed by atoms with Crippen LogP contribution in [0.3, 0.4) is 0 Å². The van der Waals surface area contributed by atoms with Crippen LogP contribution < -0.4 is 16.4 Å². The van der Waals surface area contributed by atoms with Gasteiger partial charge in [-0.05, 0) is 43.2 Å². The fourth-order valence-corrected chi connectivity index (χ4v) is 4.31. The minimum Gasteiger partial charge on any atom is -0.381 e. The minimum atomic E-state index is 0.215. The Hall–Kier alpha value is -2.99. The van der Waals surface area contributed by atoms with Crippen molar-refractivity contribution >= 4 is 39.0 Å². The lowest BCUT2D eigenvalue weighted by Crippen LogP contribution is -2.42. The number of fused-ring (bicyclic) bond motifs is 2. The Bertz CT molecular complexity index is 1120. The zero-order chi connectivity index (χ0) is 19.1. The molecule has 0 unspecified atom stereocenters. The van der Waals surface area contributed by atoms with Gasteiger partial charge in [0.25, 0.3) is 0 Å². The van der Waals surface area contributed by atoms with E-state index >= 15 is 0 Å². The van der Waals surface area contributed by atoms with Crippen LogP contribution in [0.15, 0.2) is 48.9 Å². The predicted molar refractivity (Wildman–Crippen MR) is 116 cm³/mol. The van der Waals surface area contributed by atoms with Crippen molar-refractivity contribution in [3.63, 3.8) is 0 Å². The second-order valence-corrected chi connectivity index (χ2v) is 7.82. The first-order valence-corrected chi connectivity index (χ1v) is 9.99. The number of aromatic nitrogens is 3. The summed E-state index contributed by atoms with van der Waals surface area (Å²) in [4.78, 5) is 7.91. The highest BCUT2D eigenvalue weighted by Crippen LogP contribution is 2.33. The van der Waals surface area contributed by atoms with Crippen molar-refractivity contribution in [3.8, 4) is 0 Å². The third kappa shape index (κ3) is 2.99. The predicted octanol–water partition coefficient (Wildman–Crippen LogP) is 4.48. The van der Waals surface area contributed by atoms with Gasteiger partial charge in [0.2, 0.25) is 0 Å². The minimum absolute atomic E-state index is 0.215. The molecule has 0 radical (unpaired) electrons. The number of nitrogens with one attached hydrogen (secondary N) is 3. The molecule has 6 nitrogen and oxygen atoms in total. The van der Waals surface area contributed by atoms with Crippen molar-refractivity contribution in [1.82, 2.24) is 14.5 Å². The summed E-state index contributed by atoms with van der Waals surface area (Å²) in [5, 5.41) is 8.45. The number of aromatic amines is 1. The molecule has 2 atom stereocenters. The molecule has 0 bridgehead atoms. The maximum atomic E-state index is 6.35. The lowest BCUT2D eigenvalue weighted by molar-refractivity contribution is 0.404. The Labute approximate surface area is 164 Å². The summed E-state index contributed by atoms with van der Waals surface area (Å²) in [7, 11) is 2.02. The summed E-state index contributed by atoms with van der Waals surface area (Å²) in [5.41, 5.74) is 12.7. The van der Waals surface area contributed by atoms with E-state index in [1.807, 2.05) is 24.1 Å². The van der Waals surface area contributed by atoms with Gasteiger partial charge in [-0.3, -0.25) is 0 Å². The number of para-hydroxylation sites is 1. The first kappa shape index (κ1) is 17.1. The zero-order valence-corrected chi connectivity index (χ0v) is 16.1. The van der Waals surface area contributed by atoms with E-state index in [-0.39, 0.29) is 6.04 Å². The molecule has 1 aliphatic carbocycles. The summed E-state index contributed by atoms with van der Waals surface area (Å²) in [6.45, 7) is 0. The molecule has 1 fully saturated rings. The smallest absolute Gasteiger partial charge is 0.112 e. The molecule has 6 heteroatoms. The molecule has 2 aromatic heterocycles. The van der Waals surface area contributed by atoms with Crippen molar-refractivity contribution in [2.75, 3.05) is 10.6 Å². The van der Waals surface area contributed by atoms with Gasteiger partial charge in [-0.25, -0.2) is 4.98 Å². The monoisotopic (exact) mass is 374 g/mol. The van der Waals surface area contributed by atoms with Gasteiger partial charge >= 0.3 is 0 Å². The van der Waals surface area contributed by atoms with E-state index in [1.54, 1.807) is 0 Å². The van der Waals surface area contributed by atoms with Crippen molar-refractivity contribution in [2.24, 2.45) is 12.8 Å². The molecule has 1 saturated carbocycles. The molecule has 0 spiro atoms. The van der Waals surface area contributed by atoms with Gasteiger partial charge in [-0.15, -0.1) is 0 Å². The number of hydrogen-bond donors (Lipinski definition) is 4. The Morgan fingerprint density at radius 3 is 2.93 bits per heavy atom. The maximum absolute atomic E-state index is 6.35. The van der Waals surface area contributed by atoms with E-state index in [2.05, 4.69) is 57.0 Å². The number of hydrogen-bond acceptors (Lipinski definition) is 4. The Kier molecular flexibility index (Phi) is 4.20. The largest absolute Gasteiger partial charge is 0.381 e. The standard InChI is InChI=1S/C22H26N6/c1-28-13-25-22-18(7-4-8-21(22)28)27-20-12-14(11-19-15(20)9-10-24-19)26-17-6-3-2-5-16(17)23/h4,7-13,16-17,24,26-27H,2-3,5-6,23H2,1H3/t16-,17+/m0/s1. The molecule has 144 valence electrons. The van der Waals surface area contributed by atoms with Gasteiger partial charge in [-0.2, -0.15) is 0 Å². The van der Waals surface area contributed by atoms with E-state index in [0.29, 0.717) is 6.04 Å². The van der Waals surface area contributed by atoms with Crippen LogP contribution in [0.1, 0.15) is 25.7 Å². The summed E-state index contributed by atoms with van der Waals surface area (Å²) < 4.78 is 2.04. The van der Waals surface area contributed by atoms with E-state index < -0.39 is 0 Å². The molecular weight excluding hydrogens is 348 g/mol. The van der Waals surface area contributed by atoms with Crippen molar-refractivity contribution in [2.45, 2.75) is 37.8 Å². The summed E-state index contributed by atoms with van der Waals surface area (Å²) >= 11 is 0. The third-order valence-corrected chi connectivity index (χ3v) is 5.86. The van der Waals surface area contributed by atoms with Crippen molar-refractivity contribution in [3.05, 3.63) is 48.9 Å². The molecular formula is C22H26N6. The van der Waals surface area contributed by atoms with Gasteiger partial charge in [-0.1, -0.05) is 18.9 Å². The Morgan fingerprint density at radius 1 is 1.14 bits per heavy atom.